The van der Waals surface area contributed by atoms with Crippen LogP contribution in [0.2, 0.25) is 0 Å². The number of allylic oxidation sites excluding steroid dienone is 2. The number of ketones is 2. The molecule has 0 spiro atoms. The van der Waals surface area contributed by atoms with Gasteiger partial charge >= 0.3 is 0 Å². The first-order valence-corrected chi connectivity index (χ1v) is 4.99. The van der Waals surface area contributed by atoms with E-state index in [1.54, 1.807) is 0 Å². The van der Waals surface area contributed by atoms with E-state index >= 15 is 0 Å². The van der Waals surface area contributed by atoms with E-state index < -0.39 is 5.92 Å². The van der Waals surface area contributed by atoms with Crippen molar-refractivity contribution >= 4 is 11.6 Å². The van der Waals surface area contributed by atoms with Crippen LogP contribution in [0.5, 0.6) is 0 Å². The van der Waals surface area contributed by atoms with Crippen molar-refractivity contribution < 1.29 is 9.59 Å². The summed E-state index contributed by atoms with van der Waals surface area (Å²) in [6.45, 7) is 8.86. The van der Waals surface area contributed by atoms with Crippen LogP contribution >= 0.6 is 0 Å². The second kappa shape index (κ2) is 7.25. The molecule has 0 aliphatic heterocycles. The van der Waals surface area contributed by atoms with Crippen LogP contribution in [0.25, 0.3) is 0 Å². The normalized spacial score (nSPS) is 9.86. The molecule has 0 N–H and O–H groups in total. The molecule has 2 heteroatoms. The minimum atomic E-state index is -0.545. The average Bonchev–Trinajstić information content (AvgIpc) is 2.22. The molecule has 0 aliphatic carbocycles. The van der Waals surface area contributed by atoms with Gasteiger partial charge in [-0.05, 0) is 18.6 Å². The molecule has 0 saturated heterocycles. The van der Waals surface area contributed by atoms with Crippen LogP contribution < -0.4 is 0 Å². The molecule has 0 unspecified atom stereocenters. The minimum absolute atomic E-state index is 0.189. The standard InChI is InChI=1S/C12H18O2/c1-4-7-8-9-10(11(13)5-2)12(14)6-3/h5-6,10H,2-4,7-9H2,1H3. The molecule has 0 aliphatic rings. The molecule has 0 aromatic rings. The predicted octanol–water partition coefficient (Wildman–Crippen LogP) is 2.69. The molecule has 0 saturated carbocycles. The fourth-order valence-electron chi connectivity index (χ4n) is 1.31. The summed E-state index contributed by atoms with van der Waals surface area (Å²) < 4.78 is 0. The third-order valence-corrected chi connectivity index (χ3v) is 2.19. The fourth-order valence-corrected chi connectivity index (χ4v) is 1.31. The summed E-state index contributed by atoms with van der Waals surface area (Å²) in [6.07, 6.45) is 6.09. The van der Waals surface area contributed by atoms with Crippen molar-refractivity contribution in [3.05, 3.63) is 25.3 Å². The Balaban J connectivity index is 4.25. The maximum absolute atomic E-state index is 11.3. The van der Waals surface area contributed by atoms with Gasteiger partial charge in [0.2, 0.25) is 0 Å². The van der Waals surface area contributed by atoms with E-state index in [0.717, 1.165) is 19.3 Å². The molecule has 2 nitrogen and oxygen atoms in total. The van der Waals surface area contributed by atoms with Gasteiger partial charge in [-0.2, -0.15) is 0 Å². The lowest BCUT2D eigenvalue weighted by atomic mass is 9.92. The molecule has 78 valence electrons. The lowest BCUT2D eigenvalue weighted by Gasteiger charge is -2.09. The van der Waals surface area contributed by atoms with Crippen molar-refractivity contribution in [3.8, 4) is 0 Å². The Morgan fingerprint density at radius 3 is 2.00 bits per heavy atom. The summed E-state index contributed by atoms with van der Waals surface area (Å²) in [4.78, 5) is 22.6. The molecule has 0 fully saturated rings. The summed E-state index contributed by atoms with van der Waals surface area (Å²) in [5.74, 6) is -0.923. The summed E-state index contributed by atoms with van der Waals surface area (Å²) in [5.41, 5.74) is 0. The molecule has 0 aromatic carbocycles. The van der Waals surface area contributed by atoms with Gasteiger partial charge in [0.05, 0.1) is 5.92 Å². The maximum atomic E-state index is 11.3. The first-order valence-electron chi connectivity index (χ1n) is 4.99. The van der Waals surface area contributed by atoms with Gasteiger partial charge < -0.3 is 0 Å². The summed E-state index contributed by atoms with van der Waals surface area (Å²) in [5, 5.41) is 0. The van der Waals surface area contributed by atoms with Crippen molar-refractivity contribution in [2.45, 2.75) is 32.6 Å². The molecule has 0 heterocycles. The Hall–Kier alpha value is -1.18. The number of hydrogen-bond donors (Lipinski definition) is 0. The van der Waals surface area contributed by atoms with Gasteiger partial charge in [0.1, 0.15) is 0 Å². The third kappa shape index (κ3) is 4.17. The second-order valence-electron chi connectivity index (χ2n) is 3.26. The number of rotatable bonds is 8. The zero-order valence-electron chi connectivity index (χ0n) is 8.79. The highest BCUT2D eigenvalue weighted by Gasteiger charge is 2.20. The first kappa shape index (κ1) is 12.8. The highest BCUT2D eigenvalue weighted by molar-refractivity contribution is 6.10. The highest BCUT2D eigenvalue weighted by atomic mass is 16.1. The van der Waals surface area contributed by atoms with E-state index in [-0.39, 0.29) is 11.6 Å². The Morgan fingerprint density at radius 1 is 1.14 bits per heavy atom. The molecule has 0 atom stereocenters. The molecule has 0 rings (SSSR count). The van der Waals surface area contributed by atoms with E-state index in [4.69, 9.17) is 0 Å². The molecular weight excluding hydrogens is 176 g/mol. The Labute approximate surface area is 85.7 Å². The molecule has 0 aromatic heterocycles. The number of carbonyl (C=O) groups excluding carboxylic acids is 2. The van der Waals surface area contributed by atoms with Crippen LogP contribution in [-0.2, 0) is 9.59 Å². The molecular formula is C12H18O2. The van der Waals surface area contributed by atoms with E-state index in [1.807, 2.05) is 0 Å². The SMILES string of the molecule is C=CC(=O)C(CCCCC)C(=O)C=C. The molecule has 0 radical (unpaired) electrons. The van der Waals surface area contributed by atoms with Gasteiger partial charge in [-0.15, -0.1) is 0 Å². The third-order valence-electron chi connectivity index (χ3n) is 2.19. The van der Waals surface area contributed by atoms with Crippen LogP contribution in [0.3, 0.4) is 0 Å². The first-order chi connectivity index (χ1) is 6.67. The van der Waals surface area contributed by atoms with Gasteiger partial charge in [-0.25, -0.2) is 0 Å². The Morgan fingerprint density at radius 2 is 1.64 bits per heavy atom. The van der Waals surface area contributed by atoms with Crippen LogP contribution in [0.4, 0.5) is 0 Å². The van der Waals surface area contributed by atoms with Crippen molar-refractivity contribution in [2.75, 3.05) is 0 Å². The van der Waals surface area contributed by atoms with Crippen molar-refractivity contribution in [2.24, 2.45) is 5.92 Å². The largest absolute Gasteiger partial charge is 0.294 e. The summed E-state index contributed by atoms with van der Waals surface area (Å²) in [6, 6.07) is 0. The van der Waals surface area contributed by atoms with E-state index in [1.165, 1.54) is 12.2 Å². The van der Waals surface area contributed by atoms with E-state index in [9.17, 15) is 9.59 Å². The van der Waals surface area contributed by atoms with Crippen molar-refractivity contribution in [3.63, 3.8) is 0 Å². The zero-order chi connectivity index (χ0) is 11.0. The topological polar surface area (TPSA) is 34.1 Å². The van der Waals surface area contributed by atoms with Crippen LogP contribution in [-0.4, -0.2) is 11.6 Å². The Kier molecular flexibility index (Phi) is 6.63. The number of carbonyl (C=O) groups is 2. The fraction of sp³-hybridized carbons (Fsp3) is 0.500. The van der Waals surface area contributed by atoms with Crippen LogP contribution in [0, 0.1) is 5.92 Å². The second-order valence-corrected chi connectivity index (χ2v) is 3.26. The molecule has 14 heavy (non-hydrogen) atoms. The van der Waals surface area contributed by atoms with E-state index in [2.05, 4.69) is 20.1 Å². The monoisotopic (exact) mass is 194 g/mol. The zero-order valence-corrected chi connectivity index (χ0v) is 8.79. The highest BCUT2D eigenvalue weighted by Crippen LogP contribution is 2.13. The van der Waals surface area contributed by atoms with Gasteiger partial charge in [0, 0.05) is 0 Å². The van der Waals surface area contributed by atoms with Gasteiger partial charge in [0.15, 0.2) is 11.6 Å². The van der Waals surface area contributed by atoms with Crippen molar-refractivity contribution in [1.29, 1.82) is 0 Å². The van der Waals surface area contributed by atoms with Crippen LogP contribution in [0.15, 0.2) is 25.3 Å². The summed E-state index contributed by atoms with van der Waals surface area (Å²) >= 11 is 0. The Bertz CT molecular complexity index is 208. The predicted molar refractivity (Wildman–Crippen MR) is 58.0 cm³/mol. The number of hydrogen-bond acceptors (Lipinski definition) is 2. The van der Waals surface area contributed by atoms with Gasteiger partial charge in [0.25, 0.3) is 0 Å². The minimum Gasteiger partial charge on any atom is -0.294 e. The lowest BCUT2D eigenvalue weighted by Crippen LogP contribution is -2.20. The molecule has 0 amide bonds. The number of unbranched alkanes of at least 4 members (excludes halogenated alkanes) is 2. The lowest BCUT2D eigenvalue weighted by molar-refractivity contribution is -0.127. The maximum Gasteiger partial charge on any atom is 0.165 e. The van der Waals surface area contributed by atoms with Crippen molar-refractivity contribution in [1.82, 2.24) is 0 Å². The average molecular weight is 194 g/mol. The van der Waals surface area contributed by atoms with Gasteiger partial charge in [-0.3, -0.25) is 9.59 Å². The van der Waals surface area contributed by atoms with E-state index in [0.29, 0.717) is 6.42 Å². The van der Waals surface area contributed by atoms with Gasteiger partial charge in [-0.1, -0.05) is 39.3 Å². The van der Waals surface area contributed by atoms with Crippen LogP contribution in [0.1, 0.15) is 32.6 Å². The summed E-state index contributed by atoms with van der Waals surface area (Å²) in [7, 11) is 0. The molecule has 0 bridgehead atoms. The smallest absolute Gasteiger partial charge is 0.165 e. The quantitative estimate of drug-likeness (QED) is 0.338.